The number of rotatable bonds is 8. The lowest BCUT2D eigenvalue weighted by Crippen LogP contribution is -2.28. The largest absolute Gasteiger partial charge is 0.481 e. The summed E-state index contributed by atoms with van der Waals surface area (Å²) < 4.78 is 6.00. The molecule has 2 N–H and O–H groups in total. The molecule has 1 saturated carbocycles. The van der Waals surface area contributed by atoms with E-state index in [1.54, 1.807) is 18.5 Å². The Balaban J connectivity index is 1.52. The van der Waals surface area contributed by atoms with Gasteiger partial charge in [0.1, 0.15) is 6.10 Å². The number of nitrogens with one attached hydrogen (secondary N) is 1. The van der Waals surface area contributed by atoms with Gasteiger partial charge in [-0.2, -0.15) is 4.98 Å². The van der Waals surface area contributed by atoms with Crippen LogP contribution in [0.4, 0.5) is 5.69 Å². The molecule has 0 atom stereocenters. The molecule has 0 unspecified atom stereocenters. The first-order chi connectivity index (χ1) is 17.3. The number of allylic oxidation sites excluding steroid dienone is 5. The van der Waals surface area contributed by atoms with E-state index in [0.29, 0.717) is 53.6 Å². The number of aromatic nitrogens is 4. The van der Waals surface area contributed by atoms with Crippen molar-refractivity contribution >= 4 is 45.6 Å². The lowest BCUT2D eigenvalue weighted by molar-refractivity contribution is -0.143. The molecule has 0 bridgehead atoms. The Morgan fingerprint density at radius 3 is 2.67 bits per heavy atom. The second-order valence-electron chi connectivity index (χ2n) is 9.05. The highest BCUT2D eigenvalue weighted by atomic mass is 35.5. The van der Waals surface area contributed by atoms with Crippen LogP contribution in [0.1, 0.15) is 43.9 Å². The molecule has 9 heteroatoms. The summed E-state index contributed by atoms with van der Waals surface area (Å²) in [4.78, 5) is 29.8. The van der Waals surface area contributed by atoms with Crippen LogP contribution in [0, 0.1) is 5.92 Å². The Morgan fingerprint density at radius 1 is 1.25 bits per heavy atom. The molecule has 36 heavy (non-hydrogen) atoms. The molecule has 0 radical (unpaired) electrons. The quantitative estimate of drug-likeness (QED) is 0.373. The van der Waals surface area contributed by atoms with E-state index in [1.807, 2.05) is 50.2 Å². The van der Waals surface area contributed by atoms with Crippen LogP contribution in [0.2, 0.25) is 5.02 Å². The van der Waals surface area contributed by atoms with Gasteiger partial charge in [-0.1, -0.05) is 36.4 Å². The van der Waals surface area contributed by atoms with Crippen molar-refractivity contribution in [1.82, 2.24) is 19.9 Å². The fraction of sp³-hybridized carbons (Fsp3) is 0.333. The third kappa shape index (κ3) is 5.60. The van der Waals surface area contributed by atoms with Crippen molar-refractivity contribution in [2.75, 3.05) is 19.0 Å². The van der Waals surface area contributed by atoms with E-state index < -0.39 is 5.97 Å². The highest BCUT2D eigenvalue weighted by molar-refractivity contribution is 6.32. The van der Waals surface area contributed by atoms with Crippen molar-refractivity contribution in [3.8, 4) is 6.01 Å². The molecule has 3 aromatic heterocycles. The minimum atomic E-state index is -0.737. The molecule has 3 heterocycles. The minimum absolute atomic E-state index is 0.0734. The molecular weight excluding hydrogens is 478 g/mol. The average Bonchev–Trinajstić information content (AvgIpc) is 3.25. The van der Waals surface area contributed by atoms with E-state index in [0.717, 1.165) is 22.4 Å². The van der Waals surface area contributed by atoms with E-state index in [-0.39, 0.29) is 12.0 Å². The summed E-state index contributed by atoms with van der Waals surface area (Å²) >= 11 is 6.60. The number of carbonyl (C=O) groups is 1. The molecule has 4 rings (SSSR count). The molecule has 0 amide bonds. The summed E-state index contributed by atoms with van der Waals surface area (Å²) in [5, 5.41) is 9.67. The number of aliphatic carboxylic acids is 1. The fourth-order valence-electron chi connectivity index (χ4n) is 4.36. The Hall–Kier alpha value is -3.65. The topological polar surface area (TPSA) is 104 Å². The minimum Gasteiger partial charge on any atom is -0.481 e. The molecule has 1 fully saturated rings. The maximum atomic E-state index is 11.2. The smallest absolute Gasteiger partial charge is 0.306 e. The number of carboxylic acid groups (broad SMARTS) is 1. The van der Waals surface area contributed by atoms with E-state index >= 15 is 0 Å². The molecule has 0 saturated heterocycles. The molecule has 0 aromatic carbocycles. The highest BCUT2D eigenvalue weighted by Crippen LogP contribution is 2.31. The van der Waals surface area contributed by atoms with Crippen LogP contribution in [-0.2, 0) is 4.79 Å². The zero-order valence-corrected chi connectivity index (χ0v) is 21.4. The predicted octanol–water partition coefficient (Wildman–Crippen LogP) is 5.77. The van der Waals surface area contributed by atoms with Crippen LogP contribution in [-0.4, -0.2) is 51.2 Å². The van der Waals surface area contributed by atoms with Gasteiger partial charge in [0.25, 0.3) is 6.01 Å². The van der Waals surface area contributed by atoms with Crippen molar-refractivity contribution in [3.05, 3.63) is 65.6 Å². The maximum Gasteiger partial charge on any atom is 0.306 e. The van der Waals surface area contributed by atoms with Gasteiger partial charge in [0, 0.05) is 37.7 Å². The van der Waals surface area contributed by atoms with Crippen LogP contribution in [0.25, 0.3) is 22.3 Å². The van der Waals surface area contributed by atoms with E-state index in [2.05, 4.69) is 26.5 Å². The van der Waals surface area contributed by atoms with E-state index in [4.69, 9.17) is 16.3 Å². The van der Waals surface area contributed by atoms with Gasteiger partial charge in [-0.15, -0.1) is 0 Å². The number of ether oxygens (including phenoxy) is 1. The van der Waals surface area contributed by atoms with Crippen LogP contribution < -0.4 is 9.64 Å². The molecule has 1 aliphatic carbocycles. The Bertz CT molecular complexity index is 1340. The van der Waals surface area contributed by atoms with E-state index in [9.17, 15) is 9.90 Å². The number of carboxylic acids is 1. The molecular formula is C27H30ClN5O3. The van der Waals surface area contributed by atoms with Crippen LogP contribution in [0.15, 0.2) is 49.3 Å². The first kappa shape index (κ1) is 25.4. The third-order valence-corrected chi connectivity index (χ3v) is 6.67. The van der Waals surface area contributed by atoms with Gasteiger partial charge in [-0.25, -0.2) is 4.98 Å². The van der Waals surface area contributed by atoms with Crippen molar-refractivity contribution in [1.29, 1.82) is 0 Å². The predicted molar refractivity (Wildman–Crippen MR) is 143 cm³/mol. The number of anilines is 1. The highest BCUT2D eigenvalue weighted by Gasteiger charge is 2.27. The fourth-order valence-corrected chi connectivity index (χ4v) is 4.62. The zero-order valence-electron chi connectivity index (χ0n) is 20.7. The van der Waals surface area contributed by atoms with Crippen molar-refractivity contribution in [2.24, 2.45) is 5.92 Å². The molecule has 0 spiro atoms. The normalized spacial score (nSPS) is 18.5. The van der Waals surface area contributed by atoms with Crippen LogP contribution >= 0.6 is 11.6 Å². The van der Waals surface area contributed by atoms with Gasteiger partial charge in [0.05, 0.1) is 22.2 Å². The Kier molecular flexibility index (Phi) is 7.74. The van der Waals surface area contributed by atoms with E-state index in [1.165, 1.54) is 0 Å². The van der Waals surface area contributed by atoms with Crippen LogP contribution in [0.3, 0.4) is 0 Å². The number of hydrogen-bond acceptors (Lipinski definition) is 6. The number of hydrogen-bond donors (Lipinski definition) is 2. The maximum absolute atomic E-state index is 11.2. The van der Waals surface area contributed by atoms with Gasteiger partial charge in [0.2, 0.25) is 0 Å². The second-order valence-corrected chi connectivity index (χ2v) is 9.46. The summed E-state index contributed by atoms with van der Waals surface area (Å²) in [6.45, 7) is 6.14. The molecule has 1 aliphatic rings. The Morgan fingerprint density at radius 2 is 2.00 bits per heavy atom. The first-order valence-electron chi connectivity index (χ1n) is 11.9. The summed E-state index contributed by atoms with van der Waals surface area (Å²) in [5.74, 6) is -1.03. The zero-order chi connectivity index (χ0) is 25.8. The summed E-state index contributed by atoms with van der Waals surface area (Å²) in [7, 11) is 3.96. The lowest BCUT2D eigenvalue weighted by Gasteiger charge is -2.25. The van der Waals surface area contributed by atoms with Gasteiger partial charge in [-0.3, -0.25) is 9.78 Å². The lowest BCUT2D eigenvalue weighted by atomic mass is 9.87. The SMILES string of the molecule is C=C(/C=C\C(=C/C)c1nc2nc(O[C@H]3CC[C@H](C(=O)O)CC3)[nH]c2cc1Cl)c1cnccc1N(C)C. The van der Waals surface area contributed by atoms with Crippen molar-refractivity contribution in [2.45, 2.75) is 38.7 Å². The number of pyridine rings is 2. The number of H-pyrrole nitrogens is 1. The monoisotopic (exact) mass is 507 g/mol. The number of aromatic amines is 1. The summed E-state index contributed by atoms with van der Waals surface area (Å²) in [6, 6.07) is 4.10. The summed E-state index contributed by atoms with van der Waals surface area (Å²) in [6.07, 6.45) is 11.8. The second kappa shape index (κ2) is 11.0. The average molecular weight is 508 g/mol. The van der Waals surface area contributed by atoms with Gasteiger partial charge in [0.15, 0.2) is 5.65 Å². The van der Waals surface area contributed by atoms with Gasteiger partial charge < -0.3 is 19.7 Å². The molecule has 8 nitrogen and oxygen atoms in total. The number of imidazole rings is 1. The Labute approximate surface area is 215 Å². The van der Waals surface area contributed by atoms with Gasteiger partial charge >= 0.3 is 5.97 Å². The van der Waals surface area contributed by atoms with Crippen molar-refractivity contribution < 1.29 is 14.6 Å². The molecule has 3 aromatic rings. The first-order valence-corrected chi connectivity index (χ1v) is 12.3. The van der Waals surface area contributed by atoms with Crippen molar-refractivity contribution in [3.63, 3.8) is 0 Å². The standard InChI is InChI=1S/C27H30ClN5O3/c1-5-17(7-6-16(2)20-15-29-13-12-23(20)33(3)4)24-21(28)14-22-25(31-24)32-27(30-22)36-19-10-8-18(9-11-19)26(34)35/h5-7,12-15,18-19H,2,8-11H2,1,3-4H3,(H,34,35)(H,30,31,32)/b7-6-,17-5+/t18-,19-. The third-order valence-electron chi connectivity index (χ3n) is 6.38. The number of nitrogens with zero attached hydrogens (tertiary/aromatic N) is 4. The molecule has 188 valence electrons. The molecule has 0 aliphatic heterocycles. The summed E-state index contributed by atoms with van der Waals surface area (Å²) in [5.41, 5.74) is 5.39. The van der Waals surface area contributed by atoms with Crippen LogP contribution in [0.5, 0.6) is 6.01 Å². The number of halogens is 1. The number of fused-ring (bicyclic) bond motifs is 1. The van der Waals surface area contributed by atoms with Gasteiger partial charge in [-0.05, 0) is 55.9 Å².